The van der Waals surface area contributed by atoms with Gasteiger partial charge < -0.3 is 15.2 Å². The van der Waals surface area contributed by atoms with Crippen molar-refractivity contribution in [2.24, 2.45) is 23.7 Å². The van der Waals surface area contributed by atoms with E-state index >= 15 is 0 Å². The highest BCUT2D eigenvalue weighted by molar-refractivity contribution is 7.16. The fraction of sp³-hybridized carbons (Fsp3) is 0.550. The van der Waals surface area contributed by atoms with E-state index in [1.165, 1.54) is 11.3 Å². The van der Waals surface area contributed by atoms with Crippen LogP contribution in [0.2, 0.25) is 0 Å². The Kier molecular flexibility index (Phi) is 5.42. The molecule has 1 heterocycles. The zero-order valence-corrected chi connectivity index (χ0v) is 16.8. The minimum Gasteiger partial charge on any atom is -0.481 e. The Hall–Kier alpha value is -2.15. The Morgan fingerprint density at radius 1 is 1.26 bits per heavy atom. The number of carboxylic acids is 1. The SMILES string of the molecule is CCc1c(C)sc(NC(=O)[C@@H]2[C@@H](C(=O)O)[C@H]3C=C[C@@H]2C3)c1C(=O)OC(C)C. The van der Waals surface area contributed by atoms with Crippen LogP contribution < -0.4 is 5.32 Å². The molecule has 0 radical (unpaired) electrons. The first kappa shape index (κ1) is 19.6. The summed E-state index contributed by atoms with van der Waals surface area (Å²) in [5, 5.41) is 12.9. The number of hydrogen-bond acceptors (Lipinski definition) is 5. The molecule has 2 aliphatic carbocycles. The largest absolute Gasteiger partial charge is 0.481 e. The molecule has 0 unspecified atom stereocenters. The van der Waals surface area contributed by atoms with Gasteiger partial charge in [-0.1, -0.05) is 19.1 Å². The van der Waals surface area contributed by atoms with Crippen molar-refractivity contribution in [3.8, 4) is 0 Å². The van der Waals surface area contributed by atoms with Gasteiger partial charge in [0.25, 0.3) is 0 Å². The number of ether oxygens (including phenoxy) is 1. The van der Waals surface area contributed by atoms with E-state index in [9.17, 15) is 19.5 Å². The third-order valence-corrected chi connectivity index (χ3v) is 6.46. The van der Waals surface area contributed by atoms with Crippen LogP contribution in [0.5, 0.6) is 0 Å². The quantitative estimate of drug-likeness (QED) is 0.570. The highest BCUT2D eigenvalue weighted by Crippen LogP contribution is 2.49. The van der Waals surface area contributed by atoms with Crippen LogP contribution in [0.4, 0.5) is 5.00 Å². The third-order valence-electron chi connectivity index (χ3n) is 5.39. The molecule has 1 amide bonds. The first-order chi connectivity index (χ1) is 12.7. The molecular formula is C20H25NO5S. The number of esters is 1. The lowest BCUT2D eigenvalue weighted by atomic mass is 9.82. The van der Waals surface area contributed by atoms with Crippen molar-refractivity contribution in [3.05, 3.63) is 28.2 Å². The molecule has 0 saturated heterocycles. The number of anilines is 1. The summed E-state index contributed by atoms with van der Waals surface area (Å²) in [7, 11) is 0. The van der Waals surface area contributed by atoms with E-state index in [4.69, 9.17) is 4.74 Å². The number of thiophene rings is 1. The summed E-state index contributed by atoms with van der Waals surface area (Å²) >= 11 is 1.34. The molecule has 0 aliphatic heterocycles. The average Bonchev–Trinajstić information content (AvgIpc) is 3.25. The monoisotopic (exact) mass is 391 g/mol. The molecule has 2 bridgehead atoms. The maximum Gasteiger partial charge on any atom is 0.341 e. The molecule has 3 rings (SSSR count). The Bertz CT molecular complexity index is 810. The number of carbonyl (C=O) groups excluding carboxylic acids is 2. The standard InChI is InChI=1S/C20H25NO5S/c1-5-13-10(4)27-18(16(13)20(25)26-9(2)3)21-17(22)14-11-6-7-12(8-11)15(14)19(23)24/h6-7,9,11-12,14-15H,5,8H2,1-4H3,(H,21,22)(H,23,24)/t11-,12+,14+,15+/m1/s1. The van der Waals surface area contributed by atoms with Crippen LogP contribution in [0.15, 0.2) is 12.2 Å². The number of allylic oxidation sites excluding steroid dienone is 2. The lowest BCUT2D eigenvalue weighted by Gasteiger charge is -2.23. The van der Waals surface area contributed by atoms with Crippen LogP contribution in [0.3, 0.4) is 0 Å². The molecule has 1 fully saturated rings. The number of aryl methyl sites for hydroxylation is 1. The minimum absolute atomic E-state index is 0.0612. The normalized spacial score (nSPS) is 25.8. The van der Waals surface area contributed by atoms with Gasteiger partial charge in [0.15, 0.2) is 0 Å². The first-order valence-corrected chi connectivity index (χ1v) is 10.1. The molecule has 146 valence electrons. The van der Waals surface area contributed by atoms with Gasteiger partial charge in [-0.2, -0.15) is 0 Å². The molecule has 1 aromatic heterocycles. The highest BCUT2D eigenvalue weighted by Gasteiger charge is 2.51. The van der Waals surface area contributed by atoms with Gasteiger partial charge >= 0.3 is 11.9 Å². The van der Waals surface area contributed by atoms with Gasteiger partial charge in [0.05, 0.1) is 23.5 Å². The van der Waals surface area contributed by atoms with E-state index in [1.54, 1.807) is 13.8 Å². The second-order valence-corrected chi connectivity index (χ2v) is 8.70. The number of amides is 1. The summed E-state index contributed by atoms with van der Waals surface area (Å²) in [5.41, 5.74) is 1.26. The van der Waals surface area contributed by atoms with Crippen LogP contribution >= 0.6 is 11.3 Å². The number of fused-ring (bicyclic) bond motifs is 2. The highest BCUT2D eigenvalue weighted by atomic mass is 32.1. The van der Waals surface area contributed by atoms with E-state index in [2.05, 4.69) is 5.32 Å². The molecule has 0 aromatic carbocycles. The number of aliphatic carboxylic acids is 1. The van der Waals surface area contributed by atoms with Crippen LogP contribution in [0.25, 0.3) is 0 Å². The zero-order valence-electron chi connectivity index (χ0n) is 15.9. The second kappa shape index (κ2) is 7.46. The maximum absolute atomic E-state index is 13.0. The Balaban J connectivity index is 1.89. The van der Waals surface area contributed by atoms with Crippen LogP contribution in [-0.4, -0.2) is 29.1 Å². The summed E-state index contributed by atoms with van der Waals surface area (Å²) in [5.74, 6) is -3.20. The van der Waals surface area contributed by atoms with Gasteiger partial charge in [-0.05, 0) is 51.0 Å². The number of rotatable bonds is 6. The molecule has 4 atom stereocenters. The van der Waals surface area contributed by atoms with E-state index in [-0.39, 0.29) is 23.8 Å². The second-order valence-electron chi connectivity index (χ2n) is 7.48. The maximum atomic E-state index is 13.0. The summed E-state index contributed by atoms with van der Waals surface area (Å²) in [4.78, 5) is 38.2. The molecule has 27 heavy (non-hydrogen) atoms. The predicted octanol–water partition coefficient (Wildman–Crippen LogP) is 3.65. The van der Waals surface area contributed by atoms with Crippen LogP contribution in [0, 0.1) is 30.6 Å². The number of carboxylic acid groups (broad SMARTS) is 1. The molecule has 0 spiro atoms. The molecule has 1 saturated carbocycles. The molecule has 1 aromatic rings. The Labute approximate surface area is 162 Å². The van der Waals surface area contributed by atoms with Crippen molar-refractivity contribution in [2.45, 2.75) is 46.6 Å². The first-order valence-electron chi connectivity index (χ1n) is 9.29. The van der Waals surface area contributed by atoms with Crippen molar-refractivity contribution >= 4 is 34.2 Å². The molecule has 2 N–H and O–H groups in total. The van der Waals surface area contributed by atoms with Crippen molar-refractivity contribution in [1.82, 2.24) is 0 Å². The van der Waals surface area contributed by atoms with Gasteiger partial charge in [-0.25, -0.2) is 4.79 Å². The fourth-order valence-electron chi connectivity index (χ4n) is 4.29. The van der Waals surface area contributed by atoms with E-state index < -0.39 is 23.8 Å². The minimum atomic E-state index is -0.942. The topological polar surface area (TPSA) is 92.7 Å². The number of hydrogen-bond donors (Lipinski definition) is 2. The van der Waals surface area contributed by atoms with Crippen LogP contribution in [-0.2, 0) is 20.7 Å². The molecule has 6 nitrogen and oxygen atoms in total. The van der Waals surface area contributed by atoms with E-state index in [1.807, 2.05) is 26.0 Å². The van der Waals surface area contributed by atoms with E-state index in [0.717, 1.165) is 10.4 Å². The lowest BCUT2D eigenvalue weighted by Crippen LogP contribution is -2.36. The van der Waals surface area contributed by atoms with Gasteiger partial charge in [0, 0.05) is 4.88 Å². The fourth-order valence-corrected chi connectivity index (χ4v) is 5.43. The molecule has 7 heteroatoms. The third kappa shape index (κ3) is 3.52. The Morgan fingerprint density at radius 2 is 1.89 bits per heavy atom. The summed E-state index contributed by atoms with van der Waals surface area (Å²) in [6.07, 6.45) is 4.93. The number of nitrogens with one attached hydrogen (secondary N) is 1. The van der Waals surface area contributed by atoms with Gasteiger partial charge in [0.2, 0.25) is 5.91 Å². The predicted molar refractivity (Wildman–Crippen MR) is 103 cm³/mol. The van der Waals surface area contributed by atoms with E-state index in [0.29, 0.717) is 23.4 Å². The lowest BCUT2D eigenvalue weighted by molar-refractivity contribution is -0.146. The van der Waals surface area contributed by atoms with Crippen molar-refractivity contribution in [1.29, 1.82) is 0 Å². The summed E-state index contributed by atoms with van der Waals surface area (Å²) in [6.45, 7) is 7.42. The van der Waals surface area contributed by atoms with Crippen molar-refractivity contribution < 1.29 is 24.2 Å². The molecular weight excluding hydrogens is 366 g/mol. The number of carbonyl (C=O) groups is 3. The average molecular weight is 391 g/mol. The van der Waals surface area contributed by atoms with Crippen molar-refractivity contribution in [3.63, 3.8) is 0 Å². The van der Waals surface area contributed by atoms with Gasteiger partial charge in [0.1, 0.15) is 5.00 Å². The zero-order chi connectivity index (χ0) is 19.9. The Morgan fingerprint density at radius 3 is 2.44 bits per heavy atom. The summed E-state index contributed by atoms with van der Waals surface area (Å²) < 4.78 is 5.36. The van der Waals surface area contributed by atoms with Gasteiger partial charge in [-0.15, -0.1) is 11.3 Å². The summed E-state index contributed by atoms with van der Waals surface area (Å²) in [6, 6.07) is 0. The van der Waals surface area contributed by atoms with Crippen molar-refractivity contribution in [2.75, 3.05) is 5.32 Å². The smallest absolute Gasteiger partial charge is 0.341 e. The molecule has 2 aliphatic rings. The van der Waals surface area contributed by atoms with Crippen LogP contribution in [0.1, 0.15) is 48.0 Å². The van der Waals surface area contributed by atoms with Gasteiger partial charge in [-0.3, -0.25) is 9.59 Å².